The van der Waals surface area contributed by atoms with E-state index in [1.54, 1.807) is 0 Å². The molecule has 68 valence electrons. The van der Waals surface area contributed by atoms with Crippen molar-refractivity contribution in [2.75, 3.05) is 0 Å². The summed E-state index contributed by atoms with van der Waals surface area (Å²) in [6.45, 7) is 7.78. The molecule has 0 bridgehead atoms. The average molecular weight is 168 g/mol. The second-order valence-electron chi connectivity index (χ2n) is 4.09. The van der Waals surface area contributed by atoms with Crippen molar-refractivity contribution in [3.05, 3.63) is 11.8 Å². The molecular weight excluding hydrogens is 152 g/mol. The molecule has 1 heterocycles. The van der Waals surface area contributed by atoms with Crippen LogP contribution in [0.5, 0.6) is 0 Å². The van der Waals surface area contributed by atoms with Gasteiger partial charge in [0.05, 0.1) is 6.42 Å². The Balaban J connectivity index is 2.73. The largest absolute Gasteiger partial charge is 0.484 e. The van der Waals surface area contributed by atoms with Gasteiger partial charge in [0.1, 0.15) is 5.76 Å². The third-order valence-electron chi connectivity index (χ3n) is 1.91. The zero-order valence-corrected chi connectivity index (χ0v) is 8.18. The lowest BCUT2D eigenvalue weighted by Gasteiger charge is -2.15. The number of carbonyl (C=O) groups excluding carboxylic acids is 1. The molecule has 0 radical (unpaired) electrons. The summed E-state index contributed by atoms with van der Waals surface area (Å²) in [6, 6.07) is 0. The van der Waals surface area contributed by atoms with E-state index < -0.39 is 5.60 Å². The summed E-state index contributed by atoms with van der Waals surface area (Å²) in [5.74, 6) is 1.45. The molecule has 0 unspecified atom stereocenters. The van der Waals surface area contributed by atoms with Gasteiger partial charge in [-0.2, -0.15) is 0 Å². The molecule has 0 spiro atoms. The minimum absolute atomic E-state index is 0.175. The van der Waals surface area contributed by atoms with Crippen molar-refractivity contribution in [1.29, 1.82) is 0 Å². The number of hydrogen-bond acceptors (Lipinski definition) is 2. The van der Waals surface area contributed by atoms with E-state index in [1.807, 2.05) is 19.9 Å². The van der Waals surface area contributed by atoms with Gasteiger partial charge in [-0.15, -0.1) is 0 Å². The highest BCUT2D eigenvalue weighted by Crippen LogP contribution is 2.29. The van der Waals surface area contributed by atoms with Gasteiger partial charge in [-0.25, -0.2) is 0 Å². The summed E-state index contributed by atoms with van der Waals surface area (Å²) in [7, 11) is 0. The quantitative estimate of drug-likeness (QED) is 0.600. The van der Waals surface area contributed by atoms with Crippen LogP contribution in [-0.2, 0) is 9.53 Å². The number of carbonyl (C=O) groups is 1. The SMILES string of the molecule is CC(C)C=C1CC(=O)C(C)(C)O1. The molecular formula is C10H16O2. The zero-order chi connectivity index (χ0) is 9.35. The topological polar surface area (TPSA) is 26.3 Å². The molecule has 2 heteroatoms. The van der Waals surface area contributed by atoms with Gasteiger partial charge in [-0.05, 0) is 25.8 Å². The standard InChI is InChI=1S/C10H16O2/c1-7(2)5-8-6-9(11)10(3,4)12-8/h5,7H,6H2,1-4H3. The van der Waals surface area contributed by atoms with Crippen LogP contribution >= 0.6 is 0 Å². The predicted molar refractivity (Wildman–Crippen MR) is 47.7 cm³/mol. The molecule has 0 N–H and O–H groups in total. The summed E-state index contributed by atoms with van der Waals surface area (Å²) in [5, 5.41) is 0. The maximum atomic E-state index is 11.3. The highest BCUT2D eigenvalue weighted by molar-refractivity contribution is 5.90. The molecule has 0 atom stereocenters. The van der Waals surface area contributed by atoms with Crippen LogP contribution < -0.4 is 0 Å². The Hall–Kier alpha value is -0.790. The molecule has 1 rings (SSSR count). The van der Waals surface area contributed by atoms with Gasteiger partial charge >= 0.3 is 0 Å². The Bertz CT molecular complexity index is 224. The summed E-state index contributed by atoms with van der Waals surface area (Å²) in [4.78, 5) is 11.3. The molecule has 0 aromatic rings. The van der Waals surface area contributed by atoms with Crippen LogP contribution in [-0.4, -0.2) is 11.4 Å². The minimum atomic E-state index is -0.597. The molecule has 0 aromatic heterocycles. The smallest absolute Gasteiger partial charge is 0.183 e. The van der Waals surface area contributed by atoms with Crippen LogP contribution in [0.1, 0.15) is 34.1 Å². The Morgan fingerprint density at radius 2 is 2.08 bits per heavy atom. The average Bonchev–Trinajstić information content (AvgIpc) is 2.04. The molecule has 2 nitrogen and oxygen atoms in total. The normalized spacial score (nSPS) is 25.1. The fraction of sp³-hybridized carbons (Fsp3) is 0.700. The summed E-state index contributed by atoms with van der Waals surface area (Å²) in [6.07, 6.45) is 2.47. The summed E-state index contributed by atoms with van der Waals surface area (Å²) in [5.41, 5.74) is -0.597. The van der Waals surface area contributed by atoms with Crippen molar-refractivity contribution in [2.24, 2.45) is 5.92 Å². The highest BCUT2D eigenvalue weighted by Gasteiger charge is 2.37. The number of hydrogen-bond donors (Lipinski definition) is 0. The number of Topliss-reactive ketones (excluding diaryl/α,β-unsaturated/α-hetero) is 1. The molecule has 0 amide bonds. The van der Waals surface area contributed by atoms with Crippen LogP contribution in [0.4, 0.5) is 0 Å². The minimum Gasteiger partial charge on any atom is -0.484 e. The lowest BCUT2D eigenvalue weighted by atomic mass is 10.0. The molecule has 0 aromatic carbocycles. The molecule has 1 aliphatic rings. The van der Waals surface area contributed by atoms with Gasteiger partial charge in [0.15, 0.2) is 11.4 Å². The van der Waals surface area contributed by atoms with E-state index in [9.17, 15) is 4.79 Å². The first-order valence-electron chi connectivity index (χ1n) is 4.35. The van der Waals surface area contributed by atoms with Crippen LogP contribution in [0.3, 0.4) is 0 Å². The Morgan fingerprint density at radius 3 is 2.42 bits per heavy atom. The lowest BCUT2D eigenvalue weighted by Crippen LogP contribution is -2.26. The monoisotopic (exact) mass is 168 g/mol. The fourth-order valence-corrected chi connectivity index (χ4v) is 1.26. The fourth-order valence-electron chi connectivity index (χ4n) is 1.26. The highest BCUT2D eigenvalue weighted by atomic mass is 16.5. The first-order valence-corrected chi connectivity index (χ1v) is 4.35. The number of rotatable bonds is 1. The first kappa shape index (κ1) is 9.30. The number of ether oxygens (including phenoxy) is 1. The molecule has 1 aliphatic heterocycles. The van der Waals surface area contributed by atoms with Crippen molar-refractivity contribution in [3.8, 4) is 0 Å². The van der Waals surface area contributed by atoms with Gasteiger partial charge in [0.2, 0.25) is 0 Å². The van der Waals surface area contributed by atoms with Gasteiger partial charge in [0.25, 0.3) is 0 Å². The molecule has 12 heavy (non-hydrogen) atoms. The van der Waals surface area contributed by atoms with Gasteiger partial charge < -0.3 is 4.74 Å². The third kappa shape index (κ3) is 1.87. The Labute approximate surface area is 73.6 Å². The maximum Gasteiger partial charge on any atom is 0.183 e. The van der Waals surface area contributed by atoms with E-state index >= 15 is 0 Å². The van der Waals surface area contributed by atoms with Gasteiger partial charge in [-0.3, -0.25) is 4.79 Å². The Morgan fingerprint density at radius 1 is 1.50 bits per heavy atom. The van der Waals surface area contributed by atoms with Crippen molar-refractivity contribution in [1.82, 2.24) is 0 Å². The second kappa shape index (κ2) is 2.92. The summed E-state index contributed by atoms with van der Waals surface area (Å²) >= 11 is 0. The van der Waals surface area contributed by atoms with Crippen molar-refractivity contribution >= 4 is 5.78 Å². The van der Waals surface area contributed by atoms with E-state index in [-0.39, 0.29) is 5.78 Å². The van der Waals surface area contributed by atoms with Crippen LogP contribution in [0.15, 0.2) is 11.8 Å². The second-order valence-corrected chi connectivity index (χ2v) is 4.09. The van der Waals surface area contributed by atoms with Crippen molar-refractivity contribution < 1.29 is 9.53 Å². The molecule has 1 saturated heterocycles. The molecule has 0 aliphatic carbocycles. The van der Waals surface area contributed by atoms with E-state index in [4.69, 9.17) is 4.74 Å². The number of ketones is 1. The van der Waals surface area contributed by atoms with E-state index in [0.717, 1.165) is 5.76 Å². The predicted octanol–water partition coefficient (Wildman–Crippen LogP) is 2.29. The van der Waals surface area contributed by atoms with Crippen LogP contribution in [0, 0.1) is 5.92 Å². The summed E-state index contributed by atoms with van der Waals surface area (Å²) < 4.78 is 5.48. The van der Waals surface area contributed by atoms with Crippen molar-refractivity contribution in [2.45, 2.75) is 39.7 Å². The van der Waals surface area contributed by atoms with Gasteiger partial charge in [0, 0.05) is 0 Å². The van der Waals surface area contributed by atoms with Gasteiger partial charge in [-0.1, -0.05) is 13.8 Å². The van der Waals surface area contributed by atoms with E-state index in [0.29, 0.717) is 12.3 Å². The van der Waals surface area contributed by atoms with E-state index in [2.05, 4.69) is 13.8 Å². The lowest BCUT2D eigenvalue weighted by molar-refractivity contribution is -0.127. The first-order chi connectivity index (χ1) is 5.42. The zero-order valence-electron chi connectivity index (χ0n) is 8.18. The molecule has 1 fully saturated rings. The number of allylic oxidation sites excluding steroid dienone is 2. The Kier molecular flexibility index (Phi) is 2.27. The van der Waals surface area contributed by atoms with Crippen molar-refractivity contribution in [3.63, 3.8) is 0 Å². The third-order valence-corrected chi connectivity index (χ3v) is 1.91. The van der Waals surface area contributed by atoms with Crippen LogP contribution in [0.25, 0.3) is 0 Å². The molecule has 0 saturated carbocycles. The van der Waals surface area contributed by atoms with Crippen LogP contribution in [0.2, 0.25) is 0 Å². The maximum absolute atomic E-state index is 11.3. The van der Waals surface area contributed by atoms with E-state index in [1.165, 1.54) is 0 Å².